The third-order valence-corrected chi connectivity index (χ3v) is 6.87. The lowest BCUT2D eigenvalue weighted by Crippen LogP contribution is -2.43. The Hall–Kier alpha value is -2.58. The van der Waals surface area contributed by atoms with Gasteiger partial charge in [0, 0.05) is 7.11 Å². The fraction of sp³-hybridized carbons (Fsp3) is 0.409. The molecule has 0 unspecified atom stereocenters. The van der Waals surface area contributed by atoms with Crippen LogP contribution in [0.5, 0.6) is 5.88 Å². The average molecular weight is 430 g/mol. The van der Waals surface area contributed by atoms with Gasteiger partial charge in [-0.25, -0.2) is 9.37 Å². The first-order valence-corrected chi connectivity index (χ1v) is 10.7. The number of fused-ring (bicyclic) bond motifs is 1. The molecule has 1 aliphatic carbocycles. The second-order valence-electron chi connectivity index (χ2n) is 7.57. The van der Waals surface area contributed by atoms with Crippen LogP contribution in [0.25, 0.3) is 10.2 Å². The molecule has 1 saturated carbocycles. The van der Waals surface area contributed by atoms with Crippen molar-refractivity contribution >= 4 is 27.5 Å². The summed E-state index contributed by atoms with van der Waals surface area (Å²) in [5, 5.41) is 4.00. The molecule has 0 bridgehead atoms. The third-order valence-electron chi connectivity index (χ3n) is 5.68. The van der Waals surface area contributed by atoms with E-state index in [0.717, 1.165) is 42.2 Å². The van der Waals surface area contributed by atoms with Crippen LogP contribution in [-0.2, 0) is 16.9 Å². The molecule has 1 aromatic carbocycles. The molecule has 8 heteroatoms. The highest BCUT2D eigenvalue weighted by atomic mass is 32.1. The Morgan fingerprint density at radius 3 is 2.53 bits per heavy atom. The van der Waals surface area contributed by atoms with Gasteiger partial charge in [0.2, 0.25) is 5.88 Å². The van der Waals surface area contributed by atoms with E-state index < -0.39 is 5.54 Å². The number of aromatic nitrogens is 2. The number of amides is 1. The highest BCUT2D eigenvalue weighted by molar-refractivity contribution is 7.20. The molecule has 1 N–H and O–H groups in total. The molecule has 1 fully saturated rings. The number of ether oxygens (including phenoxy) is 2. The van der Waals surface area contributed by atoms with Gasteiger partial charge in [0.25, 0.3) is 5.91 Å². The van der Waals surface area contributed by atoms with Crippen LogP contribution >= 0.6 is 11.3 Å². The number of carbonyl (C=O) groups is 1. The van der Waals surface area contributed by atoms with Crippen LogP contribution in [0.2, 0.25) is 0 Å². The van der Waals surface area contributed by atoms with Crippen molar-refractivity contribution in [3.8, 4) is 5.88 Å². The zero-order valence-electron chi connectivity index (χ0n) is 17.3. The number of nitrogens with one attached hydrogen (secondary N) is 1. The normalized spacial score (nSPS) is 15.5. The van der Waals surface area contributed by atoms with Crippen molar-refractivity contribution in [2.75, 3.05) is 14.2 Å². The number of methoxy groups -OCH3 is 2. The topological polar surface area (TPSA) is 73.3 Å². The van der Waals surface area contributed by atoms with Crippen LogP contribution in [-0.4, -0.2) is 30.1 Å². The van der Waals surface area contributed by atoms with Gasteiger partial charge in [0.15, 0.2) is 5.82 Å². The second kappa shape index (κ2) is 8.28. The van der Waals surface area contributed by atoms with E-state index in [1.54, 1.807) is 26.4 Å². The zero-order valence-corrected chi connectivity index (χ0v) is 18.1. The van der Waals surface area contributed by atoms with Crippen LogP contribution in [0.4, 0.5) is 4.39 Å². The standard InChI is InChI=1S/C22H24FN3O3S/c1-13-17-20(29-3)24-16(12-28-2)25-21(17)30-18(13)19(27)26-22(10-4-5-11-22)14-6-8-15(23)9-7-14/h6-9H,4-5,10-12H2,1-3H3,(H,26,27). The Morgan fingerprint density at radius 2 is 1.90 bits per heavy atom. The van der Waals surface area contributed by atoms with Crippen LogP contribution in [0.15, 0.2) is 24.3 Å². The first-order chi connectivity index (χ1) is 14.5. The van der Waals surface area contributed by atoms with Crippen molar-refractivity contribution in [2.24, 2.45) is 0 Å². The van der Waals surface area contributed by atoms with Gasteiger partial charge in [-0.05, 0) is 43.0 Å². The van der Waals surface area contributed by atoms with Gasteiger partial charge in [0.05, 0.1) is 22.9 Å². The van der Waals surface area contributed by atoms with Crippen LogP contribution in [0.3, 0.4) is 0 Å². The van der Waals surface area contributed by atoms with E-state index in [-0.39, 0.29) is 18.3 Å². The summed E-state index contributed by atoms with van der Waals surface area (Å²) >= 11 is 1.32. The first kappa shape index (κ1) is 20.7. The lowest BCUT2D eigenvalue weighted by Gasteiger charge is -2.31. The van der Waals surface area contributed by atoms with Crippen molar-refractivity contribution in [3.05, 3.63) is 51.9 Å². The number of rotatable bonds is 6. The Morgan fingerprint density at radius 1 is 1.20 bits per heavy atom. The average Bonchev–Trinajstić information content (AvgIpc) is 3.33. The van der Waals surface area contributed by atoms with Gasteiger partial charge < -0.3 is 14.8 Å². The summed E-state index contributed by atoms with van der Waals surface area (Å²) in [5.74, 6) is 0.510. The number of carbonyl (C=O) groups excluding carboxylic acids is 1. The van der Waals surface area contributed by atoms with Gasteiger partial charge >= 0.3 is 0 Å². The molecule has 1 aliphatic rings. The molecular formula is C22H24FN3O3S. The van der Waals surface area contributed by atoms with Gasteiger partial charge in [0.1, 0.15) is 17.3 Å². The molecule has 0 aliphatic heterocycles. The van der Waals surface area contributed by atoms with E-state index in [1.807, 2.05) is 6.92 Å². The largest absolute Gasteiger partial charge is 0.480 e. The second-order valence-corrected chi connectivity index (χ2v) is 8.57. The van der Waals surface area contributed by atoms with E-state index in [2.05, 4.69) is 15.3 Å². The predicted octanol–water partition coefficient (Wildman–Crippen LogP) is 4.49. The molecule has 0 atom stereocenters. The van der Waals surface area contributed by atoms with E-state index in [1.165, 1.54) is 23.5 Å². The van der Waals surface area contributed by atoms with Crippen molar-refractivity contribution in [1.82, 2.24) is 15.3 Å². The van der Waals surface area contributed by atoms with Crippen molar-refractivity contribution < 1.29 is 18.7 Å². The van der Waals surface area contributed by atoms with Crippen molar-refractivity contribution in [1.29, 1.82) is 0 Å². The molecule has 1 amide bonds. The Labute approximate surface area is 178 Å². The summed E-state index contributed by atoms with van der Waals surface area (Å²) in [6.45, 7) is 2.15. The molecule has 4 rings (SSSR count). The maximum atomic E-state index is 13.4. The molecule has 2 heterocycles. The maximum Gasteiger partial charge on any atom is 0.262 e. The summed E-state index contributed by atoms with van der Waals surface area (Å²) < 4.78 is 24.0. The summed E-state index contributed by atoms with van der Waals surface area (Å²) in [6, 6.07) is 6.43. The molecule has 0 radical (unpaired) electrons. The van der Waals surface area contributed by atoms with Gasteiger partial charge in [-0.15, -0.1) is 11.3 Å². The monoisotopic (exact) mass is 429 g/mol. The Bertz CT molecular complexity index is 1080. The number of hydrogen-bond donors (Lipinski definition) is 1. The molecular weight excluding hydrogens is 405 g/mol. The highest BCUT2D eigenvalue weighted by Gasteiger charge is 2.38. The van der Waals surface area contributed by atoms with E-state index >= 15 is 0 Å². The van der Waals surface area contributed by atoms with E-state index in [4.69, 9.17) is 9.47 Å². The lowest BCUT2D eigenvalue weighted by atomic mass is 9.88. The molecule has 3 aromatic rings. The van der Waals surface area contributed by atoms with Crippen LogP contribution in [0.1, 0.15) is 52.3 Å². The SMILES string of the molecule is COCc1nc(OC)c2c(C)c(C(=O)NC3(c4ccc(F)cc4)CCCC3)sc2n1. The van der Waals surface area contributed by atoms with Crippen molar-refractivity contribution in [2.45, 2.75) is 44.8 Å². The first-order valence-electron chi connectivity index (χ1n) is 9.89. The Kier molecular flexibility index (Phi) is 5.71. The number of hydrogen-bond acceptors (Lipinski definition) is 6. The molecule has 0 spiro atoms. The summed E-state index contributed by atoms with van der Waals surface area (Å²) in [6.07, 6.45) is 3.69. The van der Waals surface area contributed by atoms with Crippen LogP contribution in [0, 0.1) is 12.7 Å². The minimum atomic E-state index is -0.482. The number of nitrogens with zero attached hydrogens (tertiary/aromatic N) is 2. The smallest absolute Gasteiger partial charge is 0.262 e. The van der Waals surface area contributed by atoms with Gasteiger partial charge in [-0.3, -0.25) is 4.79 Å². The molecule has 0 saturated heterocycles. The molecule has 2 aromatic heterocycles. The third kappa shape index (κ3) is 3.65. The fourth-order valence-electron chi connectivity index (χ4n) is 4.21. The quantitative estimate of drug-likeness (QED) is 0.625. The minimum absolute atomic E-state index is 0.155. The number of aryl methyl sites for hydroxylation is 1. The summed E-state index contributed by atoms with van der Waals surface area (Å²) in [7, 11) is 3.13. The molecule has 158 valence electrons. The Balaban J connectivity index is 1.71. The van der Waals surface area contributed by atoms with Gasteiger partial charge in [-0.1, -0.05) is 25.0 Å². The summed E-state index contributed by atoms with van der Waals surface area (Å²) in [5.41, 5.74) is 1.25. The van der Waals surface area contributed by atoms with E-state index in [9.17, 15) is 9.18 Å². The number of thiophene rings is 1. The lowest BCUT2D eigenvalue weighted by molar-refractivity contribution is 0.0902. The van der Waals surface area contributed by atoms with E-state index in [0.29, 0.717) is 21.4 Å². The van der Waals surface area contributed by atoms with Crippen molar-refractivity contribution in [3.63, 3.8) is 0 Å². The van der Waals surface area contributed by atoms with Crippen LogP contribution < -0.4 is 10.1 Å². The summed E-state index contributed by atoms with van der Waals surface area (Å²) in [4.78, 5) is 23.6. The number of benzene rings is 1. The molecule has 30 heavy (non-hydrogen) atoms. The predicted molar refractivity (Wildman–Crippen MR) is 113 cm³/mol. The maximum absolute atomic E-state index is 13.4. The fourth-order valence-corrected chi connectivity index (χ4v) is 5.30. The number of halogens is 1. The molecule has 6 nitrogen and oxygen atoms in total. The van der Waals surface area contributed by atoms with Gasteiger partial charge in [-0.2, -0.15) is 4.98 Å². The zero-order chi connectivity index (χ0) is 21.3. The minimum Gasteiger partial charge on any atom is -0.480 e. The highest BCUT2D eigenvalue weighted by Crippen LogP contribution is 2.40.